The maximum atomic E-state index is 5.71. The van der Waals surface area contributed by atoms with Crippen molar-refractivity contribution in [3.8, 4) is 5.75 Å². The minimum Gasteiger partial charge on any atom is -0.492 e. The number of hydrogen-bond donors (Lipinski definition) is 1. The second kappa shape index (κ2) is 7.31. The van der Waals surface area contributed by atoms with E-state index < -0.39 is 0 Å². The van der Waals surface area contributed by atoms with E-state index in [1.807, 2.05) is 36.4 Å². The molecule has 2 N–H and O–H groups in total. The summed E-state index contributed by atoms with van der Waals surface area (Å²) in [6, 6.07) is 15.9. The maximum absolute atomic E-state index is 5.71. The van der Waals surface area contributed by atoms with Gasteiger partial charge in [-0.2, -0.15) is 0 Å². The zero-order valence-corrected chi connectivity index (χ0v) is 13.1. The predicted molar refractivity (Wildman–Crippen MR) is 86.8 cm³/mol. The molecular formula is C16H19BrN2O. The Kier molecular flexibility index (Phi) is 5.44. The summed E-state index contributed by atoms with van der Waals surface area (Å²) in [4.78, 5) is 2.23. The second-order valence-electron chi connectivity index (χ2n) is 4.78. The van der Waals surface area contributed by atoms with Crippen LogP contribution in [0.3, 0.4) is 0 Å². The first kappa shape index (κ1) is 14.9. The number of halogens is 1. The fraction of sp³-hybridized carbons (Fsp3) is 0.250. The van der Waals surface area contributed by atoms with E-state index in [2.05, 4.69) is 40.0 Å². The number of benzene rings is 2. The van der Waals surface area contributed by atoms with E-state index in [9.17, 15) is 0 Å². The van der Waals surface area contributed by atoms with Gasteiger partial charge < -0.3 is 10.5 Å². The first-order valence-corrected chi connectivity index (χ1v) is 7.34. The lowest BCUT2D eigenvalue weighted by molar-refractivity contribution is 0.233. The number of ether oxygens (including phenoxy) is 1. The Morgan fingerprint density at radius 1 is 1.05 bits per heavy atom. The van der Waals surface area contributed by atoms with E-state index in [1.54, 1.807) is 0 Å². The van der Waals surface area contributed by atoms with Gasteiger partial charge in [-0.25, -0.2) is 0 Å². The molecule has 3 nitrogen and oxygen atoms in total. The van der Waals surface area contributed by atoms with Gasteiger partial charge in [0, 0.05) is 23.2 Å². The summed E-state index contributed by atoms with van der Waals surface area (Å²) < 4.78 is 6.77. The zero-order chi connectivity index (χ0) is 14.4. The van der Waals surface area contributed by atoms with E-state index in [4.69, 9.17) is 10.5 Å². The summed E-state index contributed by atoms with van der Waals surface area (Å²) in [6.45, 7) is 2.44. The maximum Gasteiger partial charge on any atom is 0.119 e. The normalized spacial score (nSPS) is 10.8. The van der Waals surface area contributed by atoms with Crippen LogP contribution in [-0.4, -0.2) is 25.1 Å². The van der Waals surface area contributed by atoms with Crippen LogP contribution in [0.25, 0.3) is 0 Å². The van der Waals surface area contributed by atoms with Crippen LogP contribution in [0, 0.1) is 0 Å². The Morgan fingerprint density at radius 3 is 2.35 bits per heavy atom. The molecular weight excluding hydrogens is 316 g/mol. The van der Waals surface area contributed by atoms with Crippen LogP contribution in [0.15, 0.2) is 53.0 Å². The van der Waals surface area contributed by atoms with Crippen molar-refractivity contribution in [3.05, 3.63) is 58.6 Å². The van der Waals surface area contributed by atoms with Gasteiger partial charge in [0.15, 0.2) is 0 Å². The number of nitrogens with two attached hydrogens (primary N) is 1. The van der Waals surface area contributed by atoms with Crippen LogP contribution < -0.4 is 10.5 Å². The van der Waals surface area contributed by atoms with Crippen molar-refractivity contribution in [2.24, 2.45) is 0 Å². The van der Waals surface area contributed by atoms with Crippen molar-refractivity contribution in [3.63, 3.8) is 0 Å². The molecule has 4 heteroatoms. The largest absolute Gasteiger partial charge is 0.492 e. The quantitative estimate of drug-likeness (QED) is 0.821. The molecule has 2 rings (SSSR count). The monoisotopic (exact) mass is 334 g/mol. The molecule has 0 fully saturated rings. The summed E-state index contributed by atoms with van der Waals surface area (Å²) in [5.41, 5.74) is 7.73. The third-order valence-corrected chi connectivity index (χ3v) is 3.52. The summed E-state index contributed by atoms with van der Waals surface area (Å²) >= 11 is 3.41. The molecule has 0 aliphatic carbocycles. The molecule has 0 radical (unpaired) electrons. The van der Waals surface area contributed by atoms with Gasteiger partial charge in [-0.05, 0) is 49.0 Å². The van der Waals surface area contributed by atoms with Crippen LogP contribution in [0.1, 0.15) is 5.56 Å². The third kappa shape index (κ3) is 4.87. The lowest BCUT2D eigenvalue weighted by atomic mass is 10.2. The number of likely N-dealkylation sites (N-methyl/N-ethyl adjacent to an activating group) is 1. The van der Waals surface area contributed by atoms with Crippen LogP contribution in [0.2, 0.25) is 0 Å². The molecule has 0 heterocycles. The summed E-state index contributed by atoms with van der Waals surface area (Å²) in [7, 11) is 2.08. The van der Waals surface area contributed by atoms with E-state index in [1.165, 1.54) is 5.56 Å². The highest BCUT2D eigenvalue weighted by molar-refractivity contribution is 9.10. The summed E-state index contributed by atoms with van der Waals surface area (Å²) in [5, 5.41) is 0. The number of anilines is 1. The molecule has 0 aliphatic rings. The van der Waals surface area contributed by atoms with Crippen molar-refractivity contribution < 1.29 is 4.74 Å². The van der Waals surface area contributed by atoms with Gasteiger partial charge in [0.1, 0.15) is 12.4 Å². The molecule has 0 saturated heterocycles. The molecule has 0 unspecified atom stereocenters. The highest BCUT2D eigenvalue weighted by Gasteiger charge is 2.01. The number of rotatable bonds is 6. The number of hydrogen-bond acceptors (Lipinski definition) is 3. The van der Waals surface area contributed by atoms with E-state index >= 15 is 0 Å². The van der Waals surface area contributed by atoms with Crippen LogP contribution >= 0.6 is 15.9 Å². The summed E-state index contributed by atoms with van der Waals surface area (Å²) in [6.07, 6.45) is 0. The van der Waals surface area contributed by atoms with Crippen molar-refractivity contribution in [2.75, 3.05) is 25.9 Å². The minimum absolute atomic E-state index is 0.674. The van der Waals surface area contributed by atoms with Crippen molar-refractivity contribution in [2.45, 2.75) is 6.54 Å². The Hall–Kier alpha value is -1.52. The molecule has 20 heavy (non-hydrogen) atoms. The van der Waals surface area contributed by atoms with Gasteiger partial charge in [-0.15, -0.1) is 0 Å². The number of nitrogens with zero attached hydrogens (tertiary/aromatic N) is 1. The van der Waals surface area contributed by atoms with Crippen LogP contribution in [0.5, 0.6) is 5.75 Å². The van der Waals surface area contributed by atoms with Gasteiger partial charge in [0.05, 0.1) is 0 Å². The predicted octanol–water partition coefficient (Wildman–Crippen LogP) is 3.54. The van der Waals surface area contributed by atoms with Gasteiger partial charge in [0.2, 0.25) is 0 Å². The van der Waals surface area contributed by atoms with Crippen molar-refractivity contribution in [1.82, 2.24) is 4.90 Å². The lowest BCUT2D eigenvalue weighted by Gasteiger charge is -2.17. The second-order valence-corrected chi connectivity index (χ2v) is 5.70. The van der Waals surface area contributed by atoms with E-state index in [0.717, 1.165) is 29.0 Å². The molecule has 0 amide bonds. The van der Waals surface area contributed by atoms with E-state index in [-0.39, 0.29) is 0 Å². The topological polar surface area (TPSA) is 38.5 Å². The molecule has 106 valence electrons. The molecule has 0 aliphatic heterocycles. The van der Waals surface area contributed by atoms with Gasteiger partial charge >= 0.3 is 0 Å². The fourth-order valence-corrected chi connectivity index (χ4v) is 2.13. The SMILES string of the molecule is CN(CCOc1ccc(Br)cc1)Cc1ccc(N)cc1. The molecule has 2 aromatic rings. The first-order chi connectivity index (χ1) is 9.63. The Balaban J connectivity index is 1.73. The van der Waals surface area contributed by atoms with Gasteiger partial charge in [-0.1, -0.05) is 28.1 Å². The first-order valence-electron chi connectivity index (χ1n) is 6.55. The molecule has 0 saturated carbocycles. The molecule has 2 aromatic carbocycles. The highest BCUT2D eigenvalue weighted by atomic mass is 79.9. The van der Waals surface area contributed by atoms with Crippen molar-refractivity contribution in [1.29, 1.82) is 0 Å². The van der Waals surface area contributed by atoms with Gasteiger partial charge in [-0.3, -0.25) is 4.90 Å². The average Bonchev–Trinajstić information content (AvgIpc) is 2.44. The molecule has 0 aromatic heterocycles. The Bertz CT molecular complexity index is 525. The highest BCUT2D eigenvalue weighted by Crippen LogP contribution is 2.16. The molecule has 0 spiro atoms. The summed E-state index contributed by atoms with van der Waals surface area (Å²) in [5.74, 6) is 0.897. The Morgan fingerprint density at radius 2 is 1.70 bits per heavy atom. The molecule has 0 atom stereocenters. The van der Waals surface area contributed by atoms with Gasteiger partial charge in [0.25, 0.3) is 0 Å². The molecule has 0 bridgehead atoms. The third-order valence-electron chi connectivity index (χ3n) is 2.99. The number of nitrogen functional groups attached to an aromatic ring is 1. The lowest BCUT2D eigenvalue weighted by Crippen LogP contribution is -2.23. The Labute approximate surface area is 128 Å². The fourth-order valence-electron chi connectivity index (χ4n) is 1.86. The van der Waals surface area contributed by atoms with E-state index in [0.29, 0.717) is 6.61 Å². The van der Waals surface area contributed by atoms with Crippen LogP contribution in [0.4, 0.5) is 5.69 Å². The van der Waals surface area contributed by atoms with Crippen molar-refractivity contribution >= 4 is 21.6 Å². The standard InChI is InChI=1S/C16H19BrN2O/c1-19(12-13-2-6-15(18)7-3-13)10-11-20-16-8-4-14(17)5-9-16/h2-9H,10-12,18H2,1H3. The van der Waals surface area contributed by atoms with Crippen LogP contribution in [-0.2, 0) is 6.54 Å². The average molecular weight is 335 g/mol. The minimum atomic E-state index is 0.674. The smallest absolute Gasteiger partial charge is 0.119 e. The zero-order valence-electron chi connectivity index (χ0n) is 11.6.